The fraction of sp³-hybridized carbons (Fsp3) is 0.214. The van der Waals surface area contributed by atoms with Crippen LogP contribution in [0.1, 0.15) is 28.3 Å². The van der Waals surface area contributed by atoms with Crippen LogP contribution in [0.25, 0.3) is 0 Å². The van der Waals surface area contributed by atoms with Crippen LogP contribution in [0, 0.1) is 11.3 Å². The third-order valence-corrected chi connectivity index (χ3v) is 4.06. The van der Waals surface area contributed by atoms with Crippen molar-refractivity contribution in [2.75, 3.05) is 0 Å². The van der Waals surface area contributed by atoms with Crippen molar-refractivity contribution in [3.05, 3.63) is 56.7 Å². The van der Waals surface area contributed by atoms with Crippen LogP contribution in [-0.2, 0) is 6.54 Å². The molecule has 2 rings (SSSR count). The first-order chi connectivity index (χ1) is 8.70. The summed E-state index contributed by atoms with van der Waals surface area (Å²) in [5.74, 6) is 0. The zero-order chi connectivity index (χ0) is 13.0. The third-order valence-electron chi connectivity index (χ3n) is 2.73. The SMILES string of the molecule is CC(NCc1ccc(C#N)s1)c1ccccc1Cl. The van der Waals surface area contributed by atoms with Crippen LogP contribution < -0.4 is 5.32 Å². The predicted molar refractivity (Wildman–Crippen MR) is 75.7 cm³/mol. The summed E-state index contributed by atoms with van der Waals surface area (Å²) in [5.41, 5.74) is 1.09. The molecule has 4 heteroatoms. The van der Waals surface area contributed by atoms with Crippen LogP contribution in [0.4, 0.5) is 0 Å². The summed E-state index contributed by atoms with van der Waals surface area (Å²) in [6.45, 7) is 2.83. The van der Waals surface area contributed by atoms with Gasteiger partial charge in [-0.25, -0.2) is 0 Å². The first kappa shape index (κ1) is 13.1. The molecule has 0 radical (unpaired) electrons. The van der Waals surface area contributed by atoms with E-state index >= 15 is 0 Å². The van der Waals surface area contributed by atoms with Gasteiger partial charge in [0.05, 0.1) is 0 Å². The monoisotopic (exact) mass is 276 g/mol. The van der Waals surface area contributed by atoms with E-state index < -0.39 is 0 Å². The quantitative estimate of drug-likeness (QED) is 0.912. The number of nitrogens with one attached hydrogen (secondary N) is 1. The van der Waals surface area contributed by atoms with Gasteiger partial charge in [0, 0.05) is 22.5 Å². The lowest BCUT2D eigenvalue weighted by Crippen LogP contribution is -2.17. The number of nitriles is 1. The van der Waals surface area contributed by atoms with Crippen molar-refractivity contribution < 1.29 is 0 Å². The summed E-state index contributed by atoms with van der Waals surface area (Å²) in [7, 11) is 0. The molecule has 2 nitrogen and oxygen atoms in total. The largest absolute Gasteiger partial charge is 0.305 e. The van der Waals surface area contributed by atoms with Gasteiger partial charge < -0.3 is 5.32 Å². The predicted octanol–water partition coefficient (Wildman–Crippen LogP) is 4.12. The molecular weight excluding hydrogens is 264 g/mol. The molecule has 0 aliphatic carbocycles. The third kappa shape index (κ3) is 3.11. The van der Waals surface area contributed by atoms with E-state index in [0.29, 0.717) is 0 Å². The van der Waals surface area contributed by atoms with E-state index in [9.17, 15) is 0 Å². The van der Waals surface area contributed by atoms with Crippen LogP contribution >= 0.6 is 22.9 Å². The molecule has 1 aromatic carbocycles. The molecule has 0 aliphatic rings. The van der Waals surface area contributed by atoms with E-state index in [-0.39, 0.29) is 6.04 Å². The van der Waals surface area contributed by atoms with E-state index in [4.69, 9.17) is 16.9 Å². The first-order valence-corrected chi connectivity index (χ1v) is 6.87. The van der Waals surface area contributed by atoms with Crippen molar-refractivity contribution in [2.45, 2.75) is 19.5 Å². The molecule has 0 saturated carbocycles. The van der Waals surface area contributed by atoms with Crippen molar-refractivity contribution in [3.63, 3.8) is 0 Å². The van der Waals surface area contributed by atoms with Crippen molar-refractivity contribution in [1.29, 1.82) is 5.26 Å². The highest BCUT2D eigenvalue weighted by molar-refractivity contribution is 7.12. The van der Waals surface area contributed by atoms with Crippen molar-refractivity contribution in [3.8, 4) is 6.07 Å². The Kier molecular flexibility index (Phi) is 4.38. The lowest BCUT2D eigenvalue weighted by molar-refractivity contribution is 0.579. The van der Waals surface area contributed by atoms with Gasteiger partial charge in [0.1, 0.15) is 10.9 Å². The van der Waals surface area contributed by atoms with Crippen LogP contribution in [0.3, 0.4) is 0 Å². The Labute approximate surface area is 116 Å². The highest BCUT2D eigenvalue weighted by Gasteiger charge is 2.08. The van der Waals surface area contributed by atoms with Gasteiger partial charge in [-0.05, 0) is 30.7 Å². The van der Waals surface area contributed by atoms with Crippen molar-refractivity contribution in [2.24, 2.45) is 0 Å². The molecule has 1 heterocycles. The zero-order valence-corrected chi connectivity index (χ0v) is 11.6. The van der Waals surface area contributed by atoms with E-state index in [2.05, 4.69) is 18.3 Å². The minimum Gasteiger partial charge on any atom is -0.305 e. The minimum atomic E-state index is 0.186. The standard InChI is InChI=1S/C14H13ClN2S/c1-10(13-4-2-3-5-14(13)15)17-9-12-7-6-11(8-16)18-12/h2-7,10,17H,9H2,1H3. The number of hydrogen-bond donors (Lipinski definition) is 1. The molecule has 0 bridgehead atoms. The summed E-state index contributed by atoms with van der Waals surface area (Å²) in [4.78, 5) is 1.91. The lowest BCUT2D eigenvalue weighted by atomic mass is 10.1. The number of nitrogens with zero attached hydrogens (tertiary/aromatic N) is 1. The topological polar surface area (TPSA) is 35.8 Å². The number of benzene rings is 1. The van der Waals surface area contributed by atoms with Crippen molar-refractivity contribution >= 4 is 22.9 Å². The minimum absolute atomic E-state index is 0.186. The Balaban J connectivity index is 1.98. The highest BCUT2D eigenvalue weighted by Crippen LogP contribution is 2.23. The summed E-state index contributed by atoms with van der Waals surface area (Å²) >= 11 is 7.66. The van der Waals surface area contributed by atoms with Crippen molar-refractivity contribution in [1.82, 2.24) is 5.32 Å². The molecule has 1 unspecified atom stereocenters. The van der Waals surface area contributed by atoms with Crippen LogP contribution in [-0.4, -0.2) is 0 Å². The lowest BCUT2D eigenvalue weighted by Gasteiger charge is -2.14. The average molecular weight is 277 g/mol. The summed E-state index contributed by atoms with van der Waals surface area (Å²) in [5, 5.41) is 13.0. The van der Waals surface area contributed by atoms with Crippen LogP contribution in [0.15, 0.2) is 36.4 Å². The Hall–Kier alpha value is -1.34. The fourth-order valence-corrected chi connectivity index (χ4v) is 2.78. The number of hydrogen-bond acceptors (Lipinski definition) is 3. The molecule has 0 amide bonds. The molecule has 92 valence electrons. The second-order valence-corrected chi connectivity index (χ2v) is 5.58. The van der Waals surface area contributed by atoms with E-state index in [1.165, 1.54) is 11.3 Å². The van der Waals surface area contributed by atoms with Gasteiger partial charge >= 0.3 is 0 Å². The molecule has 0 aliphatic heterocycles. The molecule has 1 atom stereocenters. The fourth-order valence-electron chi connectivity index (χ4n) is 1.72. The van der Waals surface area contributed by atoms with Gasteiger partial charge in [-0.3, -0.25) is 0 Å². The molecule has 0 fully saturated rings. The van der Waals surface area contributed by atoms with Gasteiger partial charge in [0.25, 0.3) is 0 Å². The number of halogens is 1. The maximum atomic E-state index is 8.77. The molecular formula is C14H13ClN2S. The maximum Gasteiger partial charge on any atom is 0.110 e. The summed E-state index contributed by atoms with van der Waals surface area (Å²) in [6, 6.07) is 14.0. The van der Waals surface area contributed by atoms with Crippen LogP contribution in [0.2, 0.25) is 5.02 Å². The van der Waals surface area contributed by atoms with Gasteiger partial charge in [0.2, 0.25) is 0 Å². The normalized spacial score (nSPS) is 12.1. The van der Waals surface area contributed by atoms with Crippen LogP contribution in [0.5, 0.6) is 0 Å². The molecule has 1 N–H and O–H groups in total. The van der Waals surface area contributed by atoms with Gasteiger partial charge in [-0.15, -0.1) is 11.3 Å². The summed E-state index contributed by atoms with van der Waals surface area (Å²) in [6.07, 6.45) is 0. The van der Waals surface area contributed by atoms with Gasteiger partial charge in [-0.2, -0.15) is 5.26 Å². The Morgan fingerprint density at radius 3 is 2.78 bits per heavy atom. The van der Waals surface area contributed by atoms with E-state index in [1.807, 2.05) is 36.4 Å². The van der Waals surface area contributed by atoms with Gasteiger partial charge in [-0.1, -0.05) is 29.8 Å². The second-order valence-electron chi connectivity index (χ2n) is 4.00. The molecule has 1 aromatic heterocycles. The maximum absolute atomic E-state index is 8.77. The Morgan fingerprint density at radius 2 is 2.11 bits per heavy atom. The smallest absolute Gasteiger partial charge is 0.110 e. The zero-order valence-electron chi connectivity index (χ0n) is 9.98. The molecule has 2 aromatic rings. The highest BCUT2D eigenvalue weighted by atomic mass is 35.5. The second kappa shape index (κ2) is 6.01. The molecule has 0 spiro atoms. The Morgan fingerprint density at radius 1 is 1.33 bits per heavy atom. The summed E-state index contributed by atoms with van der Waals surface area (Å²) < 4.78 is 0. The number of rotatable bonds is 4. The average Bonchev–Trinajstić information content (AvgIpc) is 2.84. The Bertz CT molecular complexity index is 571. The molecule has 18 heavy (non-hydrogen) atoms. The van der Waals surface area contributed by atoms with E-state index in [1.54, 1.807) is 0 Å². The van der Waals surface area contributed by atoms with Gasteiger partial charge in [0.15, 0.2) is 0 Å². The molecule has 0 saturated heterocycles. The van der Waals surface area contributed by atoms with E-state index in [0.717, 1.165) is 26.9 Å². The first-order valence-electron chi connectivity index (χ1n) is 5.67. The number of thiophene rings is 1.